The number of benzene rings is 1. The van der Waals surface area contributed by atoms with Crippen LogP contribution in [0.3, 0.4) is 0 Å². The molecule has 21 heavy (non-hydrogen) atoms. The SMILES string of the molecule is CCNCc1cc(Br)ccc1N(CCN(C)C)CC(C)C. The number of rotatable bonds is 9. The second kappa shape index (κ2) is 9.44. The third-order valence-corrected chi connectivity index (χ3v) is 3.84. The van der Waals surface area contributed by atoms with Crippen LogP contribution in [0.5, 0.6) is 0 Å². The van der Waals surface area contributed by atoms with Gasteiger partial charge in [-0.15, -0.1) is 0 Å². The van der Waals surface area contributed by atoms with Gasteiger partial charge in [0.2, 0.25) is 0 Å². The number of anilines is 1. The fourth-order valence-corrected chi connectivity index (χ4v) is 2.74. The Hall–Kier alpha value is -0.580. The number of hydrogen-bond donors (Lipinski definition) is 1. The molecular formula is C17H30BrN3. The first kappa shape index (κ1) is 18.5. The molecule has 0 aliphatic carbocycles. The number of nitrogens with one attached hydrogen (secondary N) is 1. The van der Waals surface area contributed by atoms with E-state index in [9.17, 15) is 0 Å². The Morgan fingerprint density at radius 2 is 1.90 bits per heavy atom. The second-order valence-electron chi connectivity index (χ2n) is 6.20. The predicted octanol–water partition coefficient (Wildman–Crippen LogP) is 3.58. The molecule has 0 fully saturated rings. The minimum Gasteiger partial charge on any atom is -0.370 e. The van der Waals surface area contributed by atoms with Crippen molar-refractivity contribution in [3.05, 3.63) is 28.2 Å². The molecule has 0 amide bonds. The summed E-state index contributed by atoms with van der Waals surface area (Å²) in [4.78, 5) is 4.76. The standard InChI is InChI=1S/C17H30BrN3/c1-6-19-12-15-11-16(18)7-8-17(15)21(13-14(2)3)10-9-20(4)5/h7-8,11,14,19H,6,9-10,12-13H2,1-5H3. The summed E-state index contributed by atoms with van der Waals surface area (Å²) in [5.41, 5.74) is 2.72. The smallest absolute Gasteiger partial charge is 0.0413 e. The Labute approximate surface area is 138 Å². The molecule has 1 rings (SSSR count). The van der Waals surface area contributed by atoms with Crippen molar-refractivity contribution >= 4 is 21.6 Å². The van der Waals surface area contributed by atoms with Gasteiger partial charge in [0.05, 0.1) is 0 Å². The van der Waals surface area contributed by atoms with Crippen molar-refractivity contribution in [1.29, 1.82) is 0 Å². The van der Waals surface area contributed by atoms with Crippen molar-refractivity contribution in [2.75, 3.05) is 45.2 Å². The van der Waals surface area contributed by atoms with Gasteiger partial charge in [-0.1, -0.05) is 36.7 Å². The molecule has 0 spiro atoms. The van der Waals surface area contributed by atoms with Crippen molar-refractivity contribution in [3.8, 4) is 0 Å². The van der Waals surface area contributed by atoms with Crippen molar-refractivity contribution in [3.63, 3.8) is 0 Å². The van der Waals surface area contributed by atoms with Crippen LogP contribution in [0.25, 0.3) is 0 Å². The zero-order chi connectivity index (χ0) is 15.8. The quantitative estimate of drug-likeness (QED) is 0.730. The first-order valence-corrected chi connectivity index (χ1v) is 8.62. The van der Waals surface area contributed by atoms with Crippen LogP contribution in [0.15, 0.2) is 22.7 Å². The van der Waals surface area contributed by atoms with Gasteiger partial charge in [-0.3, -0.25) is 0 Å². The molecule has 0 aliphatic heterocycles. The summed E-state index contributed by atoms with van der Waals surface area (Å²) in [5.74, 6) is 0.655. The van der Waals surface area contributed by atoms with Crippen LogP contribution in [0.1, 0.15) is 26.3 Å². The monoisotopic (exact) mass is 355 g/mol. The van der Waals surface area contributed by atoms with E-state index >= 15 is 0 Å². The fourth-order valence-electron chi connectivity index (χ4n) is 2.34. The third kappa shape index (κ3) is 6.81. The Morgan fingerprint density at radius 1 is 1.19 bits per heavy atom. The van der Waals surface area contributed by atoms with Crippen molar-refractivity contribution < 1.29 is 0 Å². The van der Waals surface area contributed by atoms with Gasteiger partial charge in [0.25, 0.3) is 0 Å². The summed E-state index contributed by atoms with van der Waals surface area (Å²) in [6, 6.07) is 6.63. The molecular weight excluding hydrogens is 326 g/mol. The van der Waals surface area contributed by atoms with E-state index in [-0.39, 0.29) is 0 Å². The summed E-state index contributed by atoms with van der Waals surface area (Å²) in [7, 11) is 4.27. The summed E-state index contributed by atoms with van der Waals surface area (Å²) in [5, 5.41) is 3.45. The van der Waals surface area contributed by atoms with Crippen molar-refractivity contribution in [2.24, 2.45) is 5.92 Å². The highest BCUT2D eigenvalue weighted by Crippen LogP contribution is 2.25. The maximum absolute atomic E-state index is 3.60. The van der Waals surface area contributed by atoms with Crippen LogP contribution in [-0.2, 0) is 6.54 Å². The first-order valence-electron chi connectivity index (χ1n) is 7.82. The lowest BCUT2D eigenvalue weighted by Crippen LogP contribution is -2.35. The van der Waals surface area contributed by atoms with Crippen molar-refractivity contribution in [1.82, 2.24) is 10.2 Å². The molecule has 0 atom stereocenters. The van der Waals surface area contributed by atoms with E-state index in [1.807, 2.05) is 0 Å². The number of hydrogen-bond acceptors (Lipinski definition) is 3. The number of halogens is 1. The third-order valence-electron chi connectivity index (χ3n) is 3.35. The summed E-state index contributed by atoms with van der Waals surface area (Å²) < 4.78 is 1.15. The first-order chi connectivity index (χ1) is 9.93. The van der Waals surface area contributed by atoms with Gasteiger partial charge < -0.3 is 15.1 Å². The Morgan fingerprint density at radius 3 is 2.48 bits per heavy atom. The number of likely N-dealkylation sites (N-methyl/N-ethyl adjacent to an activating group) is 1. The van der Waals surface area contributed by atoms with Crippen LogP contribution in [0.2, 0.25) is 0 Å². The van der Waals surface area contributed by atoms with Crippen LogP contribution in [0.4, 0.5) is 5.69 Å². The molecule has 0 saturated carbocycles. The molecule has 0 unspecified atom stereocenters. The zero-order valence-corrected chi connectivity index (χ0v) is 15.7. The molecule has 0 radical (unpaired) electrons. The molecule has 1 N–H and O–H groups in total. The van der Waals surface area contributed by atoms with Crippen LogP contribution >= 0.6 is 15.9 Å². The lowest BCUT2D eigenvalue weighted by atomic mass is 10.1. The van der Waals surface area contributed by atoms with Gasteiger partial charge in [-0.2, -0.15) is 0 Å². The van der Waals surface area contributed by atoms with Crippen LogP contribution < -0.4 is 10.2 Å². The van der Waals surface area contributed by atoms with Crippen molar-refractivity contribution in [2.45, 2.75) is 27.3 Å². The fraction of sp³-hybridized carbons (Fsp3) is 0.647. The highest BCUT2D eigenvalue weighted by atomic mass is 79.9. The lowest BCUT2D eigenvalue weighted by Gasteiger charge is -2.30. The normalized spacial score (nSPS) is 11.4. The van der Waals surface area contributed by atoms with Gasteiger partial charge in [0.15, 0.2) is 0 Å². The Kier molecular flexibility index (Phi) is 8.30. The Bertz CT molecular complexity index is 418. The van der Waals surface area contributed by atoms with Gasteiger partial charge in [0, 0.05) is 36.3 Å². The zero-order valence-electron chi connectivity index (χ0n) is 14.1. The van der Waals surface area contributed by atoms with E-state index in [1.54, 1.807) is 0 Å². The molecule has 120 valence electrons. The predicted molar refractivity (Wildman–Crippen MR) is 97.1 cm³/mol. The average Bonchev–Trinajstić information content (AvgIpc) is 2.41. The highest BCUT2D eigenvalue weighted by Gasteiger charge is 2.13. The van der Waals surface area contributed by atoms with E-state index < -0.39 is 0 Å². The summed E-state index contributed by atoms with van der Waals surface area (Å²) in [6.45, 7) is 11.9. The second-order valence-corrected chi connectivity index (χ2v) is 7.11. The molecule has 0 bridgehead atoms. The maximum Gasteiger partial charge on any atom is 0.0413 e. The molecule has 3 nitrogen and oxygen atoms in total. The minimum absolute atomic E-state index is 0.655. The highest BCUT2D eigenvalue weighted by molar-refractivity contribution is 9.10. The molecule has 4 heteroatoms. The summed E-state index contributed by atoms with van der Waals surface area (Å²) >= 11 is 3.60. The van der Waals surface area contributed by atoms with Crippen LogP contribution in [-0.4, -0.2) is 45.2 Å². The number of nitrogens with zero attached hydrogens (tertiary/aromatic N) is 2. The summed E-state index contributed by atoms with van der Waals surface area (Å²) in [6.07, 6.45) is 0. The van der Waals surface area contributed by atoms with E-state index in [2.05, 4.69) is 84.1 Å². The van der Waals surface area contributed by atoms with Gasteiger partial charge >= 0.3 is 0 Å². The van der Waals surface area contributed by atoms with E-state index in [4.69, 9.17) is 0 Å². The van der Waals surface area contributed by atoms with E-state index in [1.165, 1.54) is 11.3 Å². The maximum atomic E-state index is 3.60. The molecule has 0 aliphatic rings. The van der Waals surface area contributed by atoms with Crippen LogP contribution in [0, 0.1) is 5.92 Å². The molecule has 1 aromatic carbocycles. The largest absolute Gasteiger partial charge is 0.370 e. The van der Waals surface area contributed by atoms with Gasteiger partial charge in [0.1, 0.15) is 0 Å². The molecule has 0 saturated heterocycles. The van der Waals surface area contributed by atoms with E-state index in [0.717, 1.165) is 37.2 Å². The molecule has 0 aromatic heterocycles. The molecule has 0 heterocycles. The van der Waals surface area contributed by atoms with Gasteiger partial charge in [-0.25, -0.2) is 0 Å². The Balaban J connectivity index is 2.97. The van der Waals surface area contributed by atoms with E-state index in [0.29, 0.717) is 5.92 Å². The topological polar surface area (TPSA) is 18.5 Å². The average molecular weight is 356 g/mol. The minimum atomic E-state index is 0.655. The van der Waals surface area contributed by atoms with Gasteiger partial charge in [-0.05, 0) is 50.3 Å². The lowest BCUT2D eigenvalue weighted by molar-refractivity contribution is 0.408. The molecule has 1 aromatic rings.